The molecule has 0 bridgehead atoms. The first-order chi connectivity index (χ1) is 13.6. The number of carbonyl (C=O) groups is 1. The first-order valence-corrected chi connectivity index (χ1v) is 9.90. The van der Waals surface area contributed by atoms with Crippen LogP contribution in [0.25, 0.3) is 16.9 Å². The van der Waals surface area contributed by atoms with Crippen LogP contribution in [0, 0.1) is 6.92 Å². The van der Waals surface area contributed by atoms with E-state index in [-0.39, 0.29) is 5.91 Å². The van der Waals surface area contributed by atoms with Gasteiger partial charge in [-0.3, -0.25) is 4.79 Å². The molecule has 1 amide bonds. The van der Waals surface area contributed by atoms with Gasteiger partial charge in [0.25, 0.3) is 5.91 Å². The number of rotatable bonds is 5. The van der Waals surface area contributed by atoms with Crippen LogP contribution in [-0.2, 0) is 6.54 Å². The molecule has 2 aromatic carbocycles. The SMILES string of the molecule is Cc1sc(CNC(=O)c2cnn(-c3ccccc3)c2)nc1-c1ccc(Cl)cc1. The van der Waals surface area contributed by atoms with E-state index in [1.807, 2.05) is 61.5 Å². The zero-order chi connectivity index (χ0) is 19.5. The second-order valence-electron chi connectivity index (χ2n) is 6.21. The van der Waals surface area contributed by atoms with Gasteiger partial charge in [-0.2, -0.15) is 5.10 Å². The number of aryl methyl sites for hydroxylation is 1. The number of amides is 1. The Hall–Kier alpha value is -2.96. The lowest BCUT2D eigenvalue weighted by molar-refractivity contribution is 0.0951. The Kier molecular flexibility index (Phi) is 5.23. The number of halogens is 1. The Labute approximate surface area is 171 Å². The van der Waals surface area contributed by atoms with Crippen molar-refractivity contribution in [3.05, 3.63) is 87.5 Å². The van der Waals surface area contributed by atoms with Gasteiger partial charge in [0.05, 0.1) is 29.7 Å². The fraction of sp³-hybridized carbons (Fsp3) is 0.0952. The van der Waals surface area contributed by atoms with Gasteiger partial charge in [-0.25, -0.2) is 9.67 Å². The number of hydrogen-bond acceptors (Lipinski definition) is 4. The van der Waals surface area contributed by atoms with Crippen LogP contribution in [0.5, 0.6) is 0 Å². The minimum atomic E-state index is -0.178. The zero-order valence-electron chi connectivity index (χ0n) is 15.1. The highest BCUT2D eigenvalue weighted by atomic mass is 35.5. The third kappa shape index (κ3) is 3.98. The summed E-state index contributed by atoms with van der Waals surface area (Å²) in [5.41, 5.74) is 3.35. The summed E-state index contributed by atoms with van der Waals surface area (Å²) < 4.78 is 1.68. The summed E-state index contributed by atoms with van der Waals surface area (Å²) >= 11 is 7.53. The highest BCUT2D eigenvalue weighted by Gasteiger charge is 2.13. The van der Waals surface area contributed by atoms with Crippen molar-refractivity contribution < 1.29 is 4.79 Å². The zero-order valence-corrected chi connectivity index (χ0v) is 16.7. The van der Waals surface area contributed by atoms with Crippen molar-refractivity contribution in [3.63, 3.8) is 0 Å². The molecule has 1 N–H and O–H groups in total. The van der Waals surface area contributed by atoms with Crippen molar-refractivity contribution in [1.82, 2.24) is 20.1 Å². The Morgan fingerprint density at radius 2 is 1.89 bits per heavy atom. The Morgan fingerprint density at radius 3 is 2.64 bits per heavy atom. The quantitative estimate of drug-likeness (QED) is 0.511. The summed E-state index contributed by atoms with van der Waals surface area (Å²) in [5.74, 6) is -0.178. The summed E-state index contributed by atoms with van der Waals surface area (Å²) in [6.45, 7) is 2.39. The van der Waals surface area contributed by atoms with Crippen molar-refractivity contribution in [3.8, 4) is 16.9 Å². The molecular weight excluding hydrogens is 392 g/mol. The number of para-hydroxylation sites is 1. The molecule has 0 atom stereocenters. The second-order valence-corrected chi connectivity index (χ2v) is 7.94. The second kappa shape index (κ2) is 7.96. The van der Waals surface area contributed by atoms with Crippen LogP contribution in [0.2, 0.25) is 5.02 Å². The lowest BCUT2D eigenvalue weighted by atomic mass is 10.1. The molecule has 7 heteroatoms. The maximum Gasteiger partial charge on any atom is 0.254 e. The van der Waals surface area contributed by atoms with Gasteiger partial charge in [-0.15, -0.1) is 11.3 Å². The van der Waals surface area contributed by atoms with Crippen molar-refractivity contribution in [2.24, 2.45) is 0 Å². The largest absolute Gasteiger partial charge is 0.345 e. The highest BCUT2D eigenvalue weighted by molar-refractivity contribution is 7.12. The van der Waals surface area contributed by atoms with E-state index in [2.05, 4.69) is 15.4 Å². The van der Waals surface area contributed by atoms with Gasteiger partial charge in [0, 0.05) is 21.7 Å². The molecule has 0 aliphatic rings. The number of aromatic nitrogens is 3. The van der Waals surface area contributed by atoms with Crippen LogP contribution in [0.4, 0.5) is 0 Å². The predicted molar refractivity (Wildman–Crippen MR) is 112 cm³/mol. The molecule has 0 saturated heterocycles. The Balaban J connectivity index is 1.44. The average molecular weight is 409 g/mol. The van der Waals surface area contributed by atoms with Gasteiger partial charge in [-0.05, 0) is 31.2 Å². The van der Waals surface area contributed by atoms with E-state index in [1.54, 1.807) is 28.4 Å². The van der Waals surface area contributed by atoms with Gasteiger partial charge in [-0.1, -0.05) is 41.9 Å². The molecule has 4 aromatic rings. The van der Waals surface area contributed by atoms with Gasteiger partial charge >= 0.3 is 0 Å². The Bertz CT molecular complexity index is 1100. The van der Waals surface area contributed by atoms with Gasteiger partial charge < -0.3 is 5.32 Å². The molecule has 0 unspecified atom stereocenters. The number of carbonyl (C=O) groups excluding carboxylic acids is 1. The average Bonchev–Trinajstić information content (AvgIpc) is 3.35. The summed E-state index contributed by atoms with van der Waals surface area (Å²) in [7, 11) is 0. The van der Waals surface area contributed by atoms with E-state index in [1.165, 1.54) is 0 Å². The van der Waals surface area contributed by atoms with E-state index < -0.39 is 0 Å². The van der Waals surface area contributed by atoms with Crippen LogP contribution in [0.1, 0.15) is 20.2 Å². The van der Waals surface area contributed by atoms with E-state index >= 15 is 0 Å². The number of thiazole rings is 1. The van der Waals surface area contributed by atoms with Crippen LogP contribution < -0.4 is 5.32 Å². The molecule has 140 valence electrons. The fourth-order valence-corrected chi connectivity index (χ4v) is 3.84. The van der Waals surface area contributed by atoms with Crippen molar-refractivity contribution in [1.29, 1.82) is 0 Å². The van der Waals surface area contributed by atoms with E-state index in [0.29, 0.717) is 17.1 Å². The first-order valence-electron chi connectivity index (χ1n) is 8.71. The highest BCUT2D eigenvalue weighted by Crippen LogP contribution is 2.28. The van der Waals surface area contributed by atoms with Crippen molar-refractivity contribution in [2.45, 2.75) is 13.5 Å². The number of nitrogens with zero attached hydrogens (tertiary/aromatic N) is 3. The van der Waals surface area contributed by atoms with Gasteiger partial charge in [0.1, 0.15) is 5.01 Å². The summed E-state index contributed by atoms with van der Waals surface area (Å²) in [6.07, 6.45) is 3.28. The molecule has 4 rings (SSSR count). The first kappa shape index (κ1) is 18.4. The van der Waals surface area contributed by atoms with Gasteiger partial charge in [0.2, 0.25) is 0 Å². The minimum absolute atomic E-state index is 0.178. The summed E-state index contributed by atoms with van der Waals surface area (Å²) in [5, 5.41) is 8.72. The molecule has 2 aromatic heterocycles. The maximum absolute atomic E-state index is 12.5. The molecule has 0 spiro atoms. The van der Waals surface area contributed by atoms with Crippen LogP contribution in [0.15, 0.2) is 67.0 Å². The molecule has 2 heterocycles. The predicted octanol–water partition coefficient (Wildman–Crippen LogP) is 4.89. The molecular formula is C21H17ClN4OS. The standard InChI is InChI=1S/C21H17ClN4OS/c1-14-20(15-7-9-17(22)10-8-15)25-19(28-14)12-23-21(27)16-11-24-26(13-16)18-5-3-2-4-6-18/h2-11,13H,12H2,1H3,(H,23,27). The number of nitrogens with one attached hydrogen (secondary N) is 1. The van der Waals surface area contributed by atoms with Crippen LogP contribution >= 0.6 is 22.9 Å². The monoisotopic (exact) mass is 408 g/mol. The van der Waals surface area contributed by atoms with Gasteiger partial charge in [0.15, 0.2) is 0 Å². The molecule has 5 nitrogen and oxygen atoms in total. The fourth-order valence-electron chi connectivity index (χ4n) is 2.82. The van der Waals surface area contributed by atoms with Crippen molar-refractivity contribution >= 4 is 28.8 Å². The molecule has 0 radical (unpaired) electrons. The molecule has 0 aliphatic carbocycles. The normalized spacial score (nSPS) is 10.8. The topological polar surface area (TPSA) is 59.8 Å². The lowest BCUT2D eigenvalue weighted by Gasteiger charge is -2.01. The van der Waals surface area contributed by atoms with E-state index in [4.69, 9.17) is 11.6 Å². The van der Waals surface area contributed by atoms with Crippen LogP contribution in [-0.4, -0.2) is 20.7 Å². The Morgan fingerprint density at radius 1 is 1.14 bits per heavy atom. The molecule has 0 aliphatic heterocycles. The summed E-state index contributed by atoms with van der Waals surface area (Å²) in [6, 6.07) is 17.3. The van der Waals surface area contributed by atoms with Crippen molar-refractivity contribution in [2.75, 3.05) is 0 Å². The maximum atomic E-state index is 12.5. The number of benzene rings is 2. The third-order valence-electron chi connectivity index (χ3n) is 4.22. The lowest BCUT2D eigenvalue weighted by Crippen LogP contribution is -2.22. The minimum Gasteiger partial charge on any atom is -0.345 e. The molecule has 0 saturated carbocycles. The van der Waals surface area contributed by atoms with Crippen LogP contribution in [0.3, 0.4) is 0 Å². The van der Waals surface area contributed by atoms with E-state index in [9.17, 15) is 4.79 Å². The molecule has 28 heavy (non-hydrogen) atoms. The third-order valence-corrected chi connectivity index (χ3v) is 5.45. The number of hydrogen-bond donors (Lipinski definition) is 1. The van der Waals surface area contributed by atoms with E-state index in [0.717, 1.165) is 26.8 Å². The molecule has 0 fully saturated rings. The summed E-state index contributed by atoms with van der Waals surface area (Å²) in [4.78, 5) is 18.2. The smallest absolute Gasteiger partial charge is 0.254 e.